The maximum Gasteiger partial charge on any atom is 0.258 e. The number of fused-ring (bicyclic) bond motifs is 1. The van der Waals surface area contributed by atoms with Crippen LogP contribution in [0.15, 0.2) is 5.16 Å². The van der Waals surface area contributed by atoms with E-state index in [2.05, 4.69) is 32.3 Å². The van der Waals surface area contributed by atoms with Crippen molar-refractivity contribution in [1.82, 2.24) is 24.6 Å². The normalized spacial score (nSPS) is 11.1. The molecule has 0 aliphatic heterocycles. The molecule has 2 rings (SSSR count). The van der Waals surface area contributed by atoms with Crippen molar-refractivity contribution < 1.29 is 0 Å². The van der Waals surface area contributed by atoms with Crippen molar-refractivity contribution in [2.45, 2.75) is 37.8 Å². The van der Waals surface area contributed by atoms with Gasteiger partial charge in [0, 0.05) is 13.5 Å². The van der Waals surface area contributed by atoms with Crippen LogP contribution in [0.4, 0.5) is 5.95 Å². The van der Waals surface area contributed by atoms with E-state index in [1.807, 2.05) is 13.3 Å². The Morgan fingerprint density at radius 1 is 1.22 bits per heavy atom. The average Bonchev–Trinajstić information content (AvgIpc) is 2.80. The summed E-state index contributed by atoms with van der Waals surface area (Å²) in [6.07, 6.45) is 6.37. The van der Waals surface area contributed by atoms with Crippen molar-refractivity contribution in [1.29, 1.82) is 0 Å². The summed E-state index contributed by atoms with van der Waals surface area (Å²) in [7, 11) is 1.82. The Bertz CT molecular complexity index is 523. The predicted octanol–water partition coefficient (Wildman–Crippen LogP) is 2.02. The molecule has 0 atom stereocenters. The maximum atomic E-state index is 4.45. The third-order valence-corrected chi connectivity index (χ3v) is 3.19. The summed E-state index contributed by atoms with van der Waals surface area (Å²) < 4.78 is 1.67. The van der Waals surface area contributed by atoms with Gasteiger partial charge in [-0.15, -0.1) is 5.10 Å². The lowest BCUT2D eigenvalue weighted by Crippen LogP contribution is -2.05. The molecule has 2 aromatic rings. The number of nitrogens with one attached hydrogen (secondary N) is 1. The van der Waals surface area contributed by atoms with Crippen LogP contribution in [0.5, 0.6) is 0 Å². The quantitative estimate of drug-likeness (QED) is 0.637. The highest BCUT2D eigenvalue weighted by molar-refractivity contribution is 7.98. The van der Waals surface area contributed by atoms with Crippen LogP contribution in [0.3, 0.4) is 0 Å². The van der Waals surface area contributed by atoms with Gasteiger partial charge in [0.2, 0.25) is 5.95 Å². The van der Waals surface area contributed by atoms with Crippen LogP contribution in [0, 0.1) is 0 Å². The number of thioether (sulfide) groups is 1. The second-order valence-electron chi connectivity index (χ2n) is 3.98. The Labute approximate surface area is 111 Å². The molecule has 0 aliphatic carbocycles. The number of aromatic nitrogens is 5. The zero-order chi connectivity index (χ0) is 13.0. The largest absolute Gasteiger partial charge is 0.357 e. The van der Waals surface area contributed by atoms with Gasteiger partial charge in [-0.3, -0.25) is 0 Å². The summed E-state index contributed by atoms with van der Waals surface area (Å²) in [6, 6.07) is 0. The molecule has 0 bridgehead atoms. The molecule has 18 heavy (non-hydrogen) atoms. The van der Waals surface area contributed by atoms with E-state index in [1.54, 1.807) is 4.52 Å². The van der Waals surface area contributed by atoms with E-state index in [4.69, 9.17) is 0 Å². The molecule has 98 valence electrons. The molecule has 0 radical (unpaired) electrons. The zero-order valence-electron chi connectivity index (χ0n) is 11.0. The van der Waals surface area contributed by atoms with E-state index in [0.29, 0.717) is 16.9 Å². The molecule has 0 saturated heterocycles. The van der Waals surface area contributed by atoms with Gasteiger partial charge in [-0.2, -0.15) is 19.5 Å². The van der Waals surface area contributed by atoms with Crippen LogP contribution in [-0.2, 0) is 6.42 Å². The van der Waals surface area contributed by atoms with Crippen LogP contribution in [0.2, 0.25) is 0 Å². The van der Waals surface area contributed by atoms with E-state index in [-0.39, 0.29) is 0 Å². The van der Waals surface area contributed by atoms with Crippen molar-refractivity contribution in [2.24, 2.45) is 0 Å². The van der Waals surface area contributed by atoms with Crippen molar-refractivity contribution >= 4 is 23.5 Å². The first kappa shape index (κ1) is 13.1. The molecule has 1 N–H and O–H groups in total. The zero-order valence-corrected chi connectivity index (χ0v) is 11.8. The average molecular weight is 266 g/mol. The van der Waals surface area contributed by atoms with Gasteiger partial charge in [-0.25, -0.2) is 0 Å². The molecule has 0 saturated carbocycles. The van der Waals surface area contributed by atoms with E-state index >= 15 is 0 Å². The lowest BCUT2D eigenvalue weighted by atomic mass is 10.2. The van der Waals surface area contributed by atoms with Gasteiger partial charge in [-0.1, -0.05) is 31.5 Å². The smallest absolute Gasteiger partial charge is 0.258 e. The Morgan fingerprint density at radius 3 is 2.72 bits per heavy atom. The van der Waals surface area contributed by atoms with Crippen molar-refractivity contribution in [3.63, 3.8) is 0 Å². The molecule has 2 aromatic heterocycles. The molecular weight excluding hydrogens is 248 g/mol. The Kier molecular flexibility index (Phi) is 4.35. The lowest BCUT2D eigenvalue weighted by molar-refractivity contribution is 0.691. The summed E-state index contributed by atoms with van der Waals surface area (Å²) in [5.74, 6) is 2.14. The van der Waals surface area contributed by atoms with Gasteiger partial charge in [0.05, 0.1) is 0 Å². The van der Waals surface area contributed by atoms with Crippen LogP contribution in [0.1, 0.15) is 32.0 Å². The fraction of sp³-hybridized carbons (Fsp3) is 0.636. The maximum absolute atomic E-state index is 4.45. The van der Waals surface area contributed by atoms with Gasteiger partial charge in [0.25, 0.3) is 5.78 Å². The highest BCUT2D eigenvalue weighted by Crippen LogP contribution is 2.14. The van der Waals surface area contributed by atoms with E-state index in [9.17, 15) is 0 Å². The minimum absolute atomic E-state index is 0.616. The molecule has 0 aliphatic rings. The summed E-state index contributed by atoms with van der Waals surface area (Å²) in [6.45, 7) is 2.19. The first-order valence-electron chi connectivity index (χ1n) is 6.14. The van der Waals surface area contributed by atoms with E-state index < -0.39 is 0 Å². The fourth-order valence-corrected chi connectivity index (χ4v) is 2.05. The monoisotopic (exact) mass is 266 g/mol. The van der Waals surface area contributed by atoms with Crippen molar-refractivity contribution in [3.05, 3.63) is 5.82 Å². The van der Waals surface area contributed by atoms with E-state index in [1.165, 1.54) is 24.6 Å². The molecule has 0 unspecified atom stereocenters. The predicted molar refractivity (Wildman–Crippen MR) is 73.1 cm³/mol. The topological polar surface area (TPSA) is 68.0 Å². The van der Waals surface area contributed by atoms with Gasteiger partial charge in [0.1, 0.15) is 0 Å². The van der Waals surface area contributed by atoms with E-state index in [0.717, 1.165) is 18.7 Å². The van der Waals surface area contributed by atoms with Crippen LogP contribution in [0.25, 0.3) is 5.78 Å². The molecule has 6 nitrogen and oxygen atoms in total. The Hall–Kier alpha value is -1.37. The first-order chi connectivity index (χ1) is 8.78. The molecule has 0 amide bonds. The minimum Gasteiger partial charge on any atom is -0.357 e. The Morgan fingerprint density at radius 2 is 2.06 bits per heavy atom. The number of anilines is 1. The summed E-state index contributed by atoms with van der Waals surface area (Å²) in [5, 5.41) is 8.17. The van der Waals surface area contributed by atoms with Crippen LogP contribution >= 0.6 is 11.8 Å². The Balaban J connectivity index is 2.31. The molecular formula is C11H18N6S. The number of unbranched alkanes of at least 4 members (excludes halogenated alkanes) is 2. The second-order valence-corrected chi connectivity index (χ2v) is 4.75. The third kappa shape index (κ3) is 2.72. The molecule has 0 aromatic carbocycles. The number of aryl methyl sites for hydroxylation is 1. The second kappa shape index (κ2) is 5.99. The van der Waals surface area contributed by atoms with Gasteiger partial charge >= 0.3 is 0 Å². The lowest BCUT2D eigenvalue weighted by Gasteiger charge is -2.02. The minimum atomic E-state index is 0.616. The highest BCUT2D eigenvalue weighted by Gasteiger charge is 2.10. The summed E-state index contributed by atoms with van der Waals surface area (Å²) in [5.41, 5.74) is 0. The highest BCUT2D eigenvalue weighted by atomic mass is 32.2. The number of rotatable bonds is 6. The van der Waals surface area contributed by atoms with Crippen LogP contribution in [-0.4, -0.2) is 37.9 Å². The summed E-state index contributed by atoms with van der Waals surface area (Å²) >= 11 is 1.50. The standard InChI is InChI=1S/C11H18N6S/c1-4-5-6-7-8-13-10-15-11(18-3)14-9(12-2)17(10)16-8/h4-7H2,1-3H3,(H,12,13,14,15,16). The molecule has 7 heteroatoms. The SMILES string of the molecule is CCCCCc1nc2nc(SC)nc(NC)n2n1. The van der Waals surface area contributed by atoms with Gasteiger partial charge in [0.15, 0.2) is 11.0 Å². The fourth-order valence-electron chi connectivity index (χ4n) is 1.70. The third-order valence-electron chi connectivity index (χ3n) is 2.64. The van der Waals surface area contributed by atoms with Crippen LogP contribution < -0.4 is 5.32 Å². The number of hydrogen-bond acceptors (Lipinski definition) is 6. The molecule has 0 spiro atoms. The van der Waals surface area contributed by atoms with Gasteiger partial charge < -0.3 is 5.32 Å². The van der Waals surface area contributed by atoms with Gasteiger partial charge in [-0.05, 0) is 12.7 Å². The first-order valence-corrected chi connectivity index (χ1v) is 7.36. The molecule has 0 fully saturated rings. The van der Waals surface area contributed by atoms with Crippen molar-refractivity contribution in [2.75, 3.05) is 18.6 Å². The van der Waals surface area contributed by atoms with Crippen molar-refractivity contribution in [3.8, 4) is 0 Å². The summed E-state index contributed by atoms with van der Waals surface area (Å²) in [4.78, 5) is 13.2. The molecule has 2 heterocycles. The number of hydrogen-bond donors (Lipinski definition) is 1. The number of nitrogens with zero attached hydrogens (tertiary/aromatic N) is 5.